The van der Waals surface area contributed by atoms with Crippen molar-refractivity contribution in [3.05, 3.63) is 67.1 Å². The summed E-state index contributed by atoms with van der Waals surface area (Å²) in [7, 11) is 0. The topological polar surface area (TPSA) is 112 Å². The quantitative estimate of drug-likeness (QED) is 0.331. The summed E-state index contributed by atoms with van der Waals surface area (Å²) in [5.41, 5.74) is 2.48. The summed E-state index contributed by atoms with van der Waals surface area (Å²) in [6.07, 6.45) is -2.48. The predicted octanol–water partition coefficient (Wildman–Crippen LogP) is 5.13. The highest BCUT2D eigenvalue weighted by atomic mass is 19.3. The lowest BCUT2D eigenvalue weighted by Gasteiger charge is -2.10. The number of carbonyl (C=O) groups is 1. The van der Waals surface area contributed by atoms with Crippen LogP contribution in [-0.2, 0) is 0 Å². The molecule has 0 amide bonds. The molecule has 176 valence electrons. The number of nitrogens with zero attached hydrogens (tertiary/aromatic N) is 6. The van der Waals surface area contributed by atoms with Gasteiger partial charge in [-0.2, -0.15) is 17.6 Å². The molecule has 9 nitrogen and oxygen atoms in total. The van der Waals surface area contributed by atoms with Crippen LogP contribution in [0.1, 0.15) is 17.1 Å². The lowest BCUT2D eigenvalue weighted by Crippen LogP contribution is -2.18. The van der Waals surface area contributed by atoms with E-state index < -0.39 is 24.6 Å². The van der Waals surface area contributed by atoms with Gasteiger partial charge in [-0.3, -0.25) is 9.36 Å². The van der Waals surface area contributed by atoms with Crippen LogP contribution in [0.4, 0.5) is 29.2 Å². The van der Waals surface area contributed by atoms with Gasteiger partial charge < -0.3 is 9.73 Å². The van der Waals surface area contributed by atoms with Crippen molar-refractivity contribution in [2.75, 3.05) is 5.32 Å². The average molecular weight is 483 g/mol. The molecule has 13 heteroatoms. The van der Waals surface area contributed by atoms with E-state index in [1.807, 2.05) is 18.2 Å². The molecule has 5 aromatic rings. The van der Waals surface area contributed by atoms with Gasteiger partial charge in [0.05, 0.1) is 16.6 Å². The van der Waals surface area contributed by atoms with Crippen molar-refractivity contribution in [3.8, 4) is 22.6 Å². The first-order chi connectivity index (χ1) is 16.9. The minimum absolute atomic E-state index is 0.104. The third-order valence-corrected chi connectivity index (χ3v) is 4.94. The van der Waals surface area contributed by atoms with E-state index in [2.05, 4.69) is 30.5 Å². The monoisotopic (exact) mass is 483 g/mol. The van der Waals surface area contributed by atoms with Crippen LogP contribution >= 0.6 is 0 Å². The molecule has 0 aliphatic heterocycles. The summed E-state index contributed by atoms with van der Waals surface area (Å²) in [6, 6.07) is 12.3. The summed E-state index contributed by atoms with van der Waals surface area (Å²) in [4.78, 5) is 24.4. The molecule has 0 radical (unpaired) electrons. The molecule has 0 saturated heterocycles. The second-order valence-corrected chi connectivity index (χ2v) is 7.18. The third-order valence-electron chi connectivity index (χ3n) is 4.94. The van der Waals surface area contributed by atoms with Gasteiger partial charge in [0.1, 0.15) is 6.33 Å². The maximum Gasteiger partial charge on any atom is 0.316 e. The SMILES string of the molecule is O=C(C(F)F)n1cnc2c(-c3ccccc3)cc(Nc3ncc(-c4nnc(C(F)F)o4)cn3)cc21. The maximum atomic E-state index is 13.1. The van der Waals surface area contributed by atoms with Gasteiger partial charge in [0.15, 0.2) is 0 Å². The molecule has 0 atom stereocenters. The second kappa shape index (κ2) is 8.93. The number of anilines is 2. The standard InChI is InChI=1S/C22H13F4N7O2/c23-17(24)20-32-31-19(35-20)12-8-27-22(28-9-12)30-13-6-14(11-4-2-1-3-5-11)16-15(7-13)33(10-29-16)21(34)18(25)26/h1-10,17-18H,(H,27,28,30). The highest BCUT2D eigenvalue weighted by molar-refractivity contribution is 6.00. The number of rotatable bonds is 6. The zero-order valence-electron chi connectivity index (χ0n) is 17.4. The van der Waals surface area contributed by atoms with E-state index in [1.165, 1.54) is 18.5 Å². The fraction of sp³-hybridized carbons (Fsp3) is 0.0909. The maximum absolute atomic E-state index is 13.1. The van der Waals surface area contributed by atoms with Crippen LogP contribution in [0.3, 0.4) is 0 Å². The zero-order chi connectivity index (χ0) is 24.5. The number of imidazole rings is 1. The number of halogens is 4. The number of alkyl halides is 4. The molecule has 0 saturated carbocycles. The molecule has 0 aliphatic carbocycles. The molecule has 0 fully saturated rings. The van der Waals surface area contributed by atoms with Crippen molar-refractivity contribution >= 4 is 28.6 Å². The first kappa shape index (κ1) is 22.1. The van der Waals surface area contributed by atoms with Crippen molar-refractivity contribution in [2.45, 2.75) is 12.9 Å². The number of hydrogen-bond acceptors (Lipinski definition) is 8. The van der Waals surface area contributed by atoms with Crippen LogP contribution in [-0.4, -0.2) is 42.0 Å². The Labute approximate surface area is 193 Å². The smallest absolute Gasteiger partial charge is 0.316 e. The lowest BCUT2D eigenvalue weighted by atomic mass is 10.0. The number of hydrogen-bond donors (Lipinski definition) is 1. The lowest BCUT2D eigenvalue weighted by molar-refractivity contribution is 0.0588. The Morgan fingerprint density at radius 3 is 2.34 bits per heavy atom. The zero-order valence-corrected chi connectivity index (χ0v) is 17.4. The van der Waals surface area contributed by atoms with E-state index in [0.29, 0.717) is 16.8 Å². The molecular formula is C22H13F4N7O2. The van der Waals surface area contributed by atoms with E-state index in [0.717, 1.165) is 16.5 Å². The highest BCUT2D eigenvalue weighted by Crippen LogP contribution is 2.32. The molecule has 3 aromatic heterocycles. The molecule has 0 aliphatic rings. The molecule has 0 unspecified atom stereocenters. The van der Waals surface area contributed by atoms with E-state index in [1.54, 1.807) is 18.2 Å². The van der Waals surface area contributed by atoms with Crippen LogP contribution in [0.5, 0.6) is 0 Å². The van der Waals surface area contributed by atoms with Gasteiger partial charge in [0.2, 0.25) is 5.95 Å². The minimum Gasteiger partial charge on any atom is -0.415 e. The first-order valence-electron chi connectivity index (χ1n) is 10.0. The Morgan fingerprint density at radius 1 is 0.943 bits per heavy atom. The summed E-state index contributed by atoms with van der Waals surface area (Å²) in [5, 5.41) is 9.73. The molecule has 3 heterocycles. The molecular weight excluding hydrogens is 470 g/mol. The Balaban J connectivity index is 1.52. The Morgan fingerprint density at radius 2 is 1.69 bits per heavy atom. The molecule has 5 rings (SSSR count). The number of nitrogens with one attached hydrogen (secondary N) is 1. The second-order valence-electron chi connectivity index (χ2n) is 7.18. The van der Waals surface area contributed by atoms with Crippen molar-refractivity contribution in [1.29, 1.82) is 0 Å². The van der Waals surface area contributed by atoms with Crippen LogP contribution in [0.2, 0.25) is 0 Å². The van der Waals surface area contributed by atoms with Gasteiger partial charge in [-0.1, -0.05) is 30.3 Å². The Bertz CT molecular complexity index is 1500. The Hall–Kier alpha value is -4.68. The predicted molar refractivity (Wildman–Crippen MR) is 115 cm³/mol. The van der Waals surface area contributed by atoms with E-state index in [9.17, 15) is 22.4 Å². The van der Waals surface area contributed by atoms with E-state index >= 15 is 0 Å². The summed E-state index contributed by atoms with van der Waals surface area (Å²) in [6.45, 7) is 0. The van der Waals surface area contributed by atoms with E-state index in [-0.39, 0.29) is 22.9 Å². The highest BCUT2D eigenvalue weighted by Gasteiger charge is 2.22. The average Bonchev–Trinajstić information content (AvgIpc) is 3.52. The number of benzene rings is 2. The van der Waals surface area contributed by atoms with Gasteiger partial charge in [0, 0.05) is 23.6 Å². The first-order valence-corrected chi connectivity index (χ1v) is 10.0. The van der Waals surface area contributed by atoms with Gasteiger partial charge in [-0.25, -0.2) is 15.0 Å². The minimum atomic E-state index is -3.21. The van der Waals surface area contributed by atoms with Gasteiger partial charge >= 0.3 is 12.9 Å². The van der Waals surface area contributed by atoms with Crippen LogP contribution in [0.15, 0.2) is 65.6 Å². The van der Waals surface area contributed by atoms with Crippen LogP contribution in [0.25, 0.3) is 33.6 Å². The molecule has 1 N–H and O–H groups in total. The summed E-state index contributed by atoms with van der Waals surface area (Å²) < 4.78 is 57.2. The van der Waals surface area contributed by atoms with E-state index in [4.69, 9.17) is 4.42 Å². The largest absolute Gasteiger partial charge is 0.415 e. The number of carbonyl (C=O) groups excluding carboxylic acids is 1. The summed E-state index contributed by atoms with van der Waals surface area (Å²) in [5.74, 6) is -2.30. The third kappa shape index (κ3) is 4.30. The molecule has 2 aromatic carbocycles. The summed E-state index contributed by atoms with van der Waals surface area (Å²) >= 11 is 0. The van der Waals surface area contributed by atoms with Gasteiger partial charge in [-0.15, -0.1) is 10.2 Å². The molecule has 0 spiro atoms. The van der Waals surface area contributed by atoms with Crippen molar-refractivity contribution < 1.29 is 26.8 Å². The van der Waals surface area contributed by atoms with Crippen LogP contribution < -0.4 is 5.32 Å². The van der Waals surface area contributed by atoms with Gasteiger partial charge in [0.25, 0.3) is 17.7 Å². The van der Waals surface area contributed by atoms with Crippen molar-refractivity contribution in [2.24, 2.45) is 0 Å². The Kier molecular flexibility index (Phi) is 5.65. The molecule has 35 heavy (non-hydrogen) atoms. The normalized spacial score (nSPS) is 11.5. The van der Waals surface area contributed by atoms with Gasteiger partial charge in [-0.05, 0) is 17.7 Å². The fourth-order valence-electron chi connectivity index (χ4n) is 3.38. The fourth-order valence-corrected chi connectivity index (χ4v) is 3.38. The number of fused-ring (bicyclic) bond motifs is 1. The van der Waals surface area contributed by atoms with Crippen molar-refractivity contribution in [1.82, 2.24) is 29.7 Å². The van der Waals surface area contributed by atoms with Crippen molar-refractivity contribution in [3.63, 3.8) is 0 Å². The molecule has 0 bridgehead atoms. The number of aromatic nitrogens is 6. The van der Waals surface area contributed by atoms with Crippen LogP contribution in [0, 0.1) is 0 Å².